The second-order valence-corrected chi connectivity index (χ2v) is 2.99. The third-order valence-electron chi connectivity index (χ3n) is 2.04. The van der Waals surface area contributed by atoms with Crippen LogP contribution >= 0.6 is 0 Å². The Balaban J connectivity index is 2.33. The Bertz CT molecular complexity index is 448. The van der Waals surface area contributed by atoms with Gasteiger partial charge in [0.1, 0.15) is 6.26 Å². The molecule has 0 spiro atoms. The quantitative estimate of drug-likeness (QED) is 0.792. The molecule has 2 rings (SSSR count). The van der Waals surface area contributed by atoms with Gasteiger partial charge < -0.3 is 18.6 Å². The van der Waals surface area contributed by atoms with E-state index in [1.807, 2.05) is 6.07 Å². The highest BCUT2D eigenvalue weighted by molar-refractivity contribution is 5.52. The van der Waals surface area contributed by atoms with Crippen LogP contribution in [0.3, 0.4) is 0 Å². The number of hydrogen-bond donors (Lipinski definition) is 0. The van der Waals surface area contributed by atoms with E-state index in [-0.39, 0.29) is 0 Å². The normalized spacial score (nSPS) is 9.88. The molecule has 1 aromatic heterocycles. The number of furan rings is 1. The van der Waals surface area contributed by atoms with Gasteiger partial charge in [-0.3, -0.25) is 0 Å². The Morgan fingerprint density at radius 3 is 2.56 bits per heavy atom. The Morgan fingerprint density at radius 1 is 1.12 bits per heavy atom. The van der Waals surface area contributed by atoms with E-state index in [0.717, 1.165) is 0 Å². The molecule has 1 heterocycles. The van der Waals surface area contributed by atoms with Crippen LogP contribution in [-0.2, 0) is 0 Å². The lowest BCUT2D eigenvalue weighted by atomic mass is 10.3. The molecule has 0 fully saturated rings. The lowest BCUT2D eigenvalue weighted by Gasteiger charge is -2.11. The van der Waals surface area contributed by atoms with Crippen LogP contribution in [-0.4, -0.2) is 14.2 Å². The van der Waals surface area contributed by atoms with Crippen LogP contribution in [0.15, 0.2) is 34.9 Å². The van der Waals surface area contributed by atoms with E-state index < -0.39 is 0 Å². The standard InChI is InChI=1S/C12H11O4/c1-13-10-4-3-5-11(12(10)14-2)16-9-6-7-15-8-9/h3-6,8H,1-2H3. The fraction of sp³-hybridized carbons (Fsp3) is 0.167. The fourth-order valence-electron chi connectivity index (χ4n) is 1.34. The number of hydrogen-bond acceptors (Lipinski definition) is 4. The molecule has 1 radical (unpaired) electrons. The molecule has 1 aromatic carbocycles. The van der Waals surface area contributed by atoms with E-state index in [1.54, 1.807) is 32.4 Å². The third kappa shape index (κ3) is 1.95. The van der Waals surface area contributed by atoms with Gasteiger partial charge in [-0.1, -0.05) is 6.07 Å². The Labute approximate surface area is 93.4 Å². The van der Waals surface area contributed by atoms with Gasteiger partial charge in [0.05, 0.1) is 14.2 Å². The van der Waals surface area contributed by atoms with Crippen LogP contribution in [0, 0.1) is 6.26 Å². The van der Waals surface area contributed by atoms with Crippen LogP contribution < -0.4 is 14.2 Å². The maximum absolute atomic E-state index is 5.55. The minimum absolute atomic E-state index is 0.547. The summed E-state index contributed by atoms with van der Waals surface area (Å²) >= 11 is 0. The summed E-state index contributed by atoms with van der Waals surface area (Å²) in [6, 6.07) is 7.00. The molecular weight excluding hydrogens is 208 g/mol. The van der Waals surface area contributed by atoms with Crippen molar-refractivity contribution < 1.29 is 18.6 Å². The molecule has 0 aliphatic carbocycles. The summed E-state index contributed by atoms with van der Waals surface area (Å²) in [6.07, 6.45) is 4.00. The van der Waals surface area contributed by atoms with Crippen LogP contribution in [0.1, 0.15) is 0 Å². The minimum atomic E-state index is 0.547. The van der Waals surface area contributed by atoms with E-state index in [2.05, 4.69) is 6.26 Å². The fourth-order valence-corrected chi connectivity index (χ4v) is 1.34. The van der Waals surface area contributed by atoms with Crippen molar-refractivity contribution in [2.24, 2.45) is 0 Å². The zero-order valence-corrected chi connectivity index (χ0v) is 9.02. The summed E-state index contributed by atoms with van der Waals surface area (Å²) in [5, 5.41) is 0. The van der Waals surface area contributed by atoms with Crippen LogP contribution in [0.2, 0.25) is 0 Å². The maximum atomic E-state index is 5.55. The number of rotatable bonds is 4. The Morgan fingerprint density at radius 2 is 1.94 bits per heavy atom. The molecule has 0 aliphatic heterocycles. The monoisotopic (exact) mass is 219 g/mol. The number of ether oxygens (including phenoxy) is 3. The third-order valence-corrected chi connectivity index (χ3v) is 2.04. The molecule has 2 aromatic rings. The van der Waals surface area contributed by atoms with Gasteiger partial charge in [-0.15, -0.1) is 0 Å². The van der Waals surface area contributed by atoms with Crippen molar-refractivity contribution in [1.82, 2.24) is 0 Å². The second kappa shape index (κ2) is 4.61. The van der Waals surface area contributed by atoms with Gasteiger partial charge in [0.2, 0.25) is 5.75 Å². The van der Waals surface area contributed by atoms with E-state index in [4.69, 9.17) is 18.6 Å². The second-order valence-electron chi connectivity index (χ2n) is 2.99. The molecule has 0 saturated carbocycles. The zero-order valence-electron chi connectivity index (χ0n) is 9.02. The minimum Gasteiger partial charge on any atom is -0.493 e. The van der Waals surface area contributed by atoms with Crippen molar-refractivity contribution >= 4 is 0 Å². The average molecular weight is 219 g/mol. The van der Waals surface area contributed by atoms with Gasteiger partial charge in [-0.25, -0.2) is 0 Å². The molecule has 16 heavy (non-hydrogen) atoms. The molecule has 0 unspecified atom stereocenters. The van der Waals surface area contributed by atoms with Gasteiger partial charge in [0.15, 0.2) is 23.5 Å². The van der Waals surface area contributed by atoms with Crippen LogP contribution in [0.25, 0.3) is 0 Å². The molecule has 0 aliphatic rings. The molecule has 4 heteroatoms. The van der Waals surface area contributed by atoms with Gasteiger partial charge >= 0.3 is 0 Å². The number of para-hydroxylation sites is 1. The van der Waals surface area contributed by atoms with Crippen molar-refractivity contribution in [2.75, 3.05) is 14.2 Å². The van der Waals surface area contributed by atoms with Crippen molar-refractivity contribution in [3.63, 3.8) is 0 Å². The number of methoxy groups -OCH3 is 2. The highest BCUT2D eigenvalue weighted by atomic mass is 16.5. The topological polar surface area (TPSA) is 40.8 Å². The van der Waals surface area contributed by atoms with Gasteiger partial charge in [0.25, 0.3) is 0 Å². The van der Waals surface area contributed by atoms with Gasteiger partial charge in [-0.2, -0.15) is 0 Å². The lowest BCUT2D eigenvalue weighted by molar-refractivity contribution is 0.335. The lowest BCUT2D eigenvalue weighted by Crippen LogP contribution is -1.93. The van der Waals surface area contributed by atoms with Crippen molar-refractivity contribution in [3.05, 3.63) is 36.8 Å². The Kier molecular flexibility index (Phi) is 3.00. The van der Waals surface area contributed by atoms with E-state index in [9.17, 15) is 0 Å². The van der Waals surface area contributed by atoms with E-state index in [1.165, 1.54) is 6.26 Å². The van der Waals surface area contributed by atoms with Crippen molar-refractivity contribution in [3.8, 4) is 23.0 Å². The molecule has 0 atom stereocenters. The first kappa shape index (κ1) is 10.4. The first-order valence-electron chi connectivity index (χ1n) is 4.68. The molecular formula is C12H11O4. The van der Waals surface area contributed by atoms with Gasteiger partial charge in [0, 0.05) is 6.07 Å². The van der Waals surface area contributed by atoms with Crippen molar-refractivity contribution in [2.45, 2.75) is 0 Å². The smallest absolute Gasteiger partial charge is 0.203 e. The Hall–Kier alpha value is -2.10. The first-order valence-corrected chi connectivity index (χ1v) is 4.68. The van der Waals surface area contributed by atoms with E-state index >= 15 is 0 Å². The molecule has 0 saturated heterocycles. The largest absolute Gasteiger partial charge is 0.493 e. The van der Waals surface area contributed by atoms with E-state index in [0.29, 0.717) is 23.0 Å². The maximum Gasteiger partial charge on any atom is 0.203 e. The SMILES string of the molecule is COc1cccc(Oc2c[c]oc2)c1OC. The molecule has 4 nitrogen and oxygen atoms in total. The summed E-state index contributed by atoms with van der Waals surface area (Å²) in [5.74, 6) is 2.29. The summed E-state index contributed by atoms with van der Waals surface area (Å²) in [4.78, 5) is 0. The van der Waals surface area contributed by atoms with Crippen LogP contribution in [0.4, 0.5) is 0 Å². The summed E-state index contributed by atoms with van der Waals surface area (Å²) in [7, 11) is 3.14. The summed E-state index contributed by atoms with van der Waals surface area (Å²) in [5.41, 5.74) is 0. The zero-order chi connectivity index (χ0) is 11.4. The highest BCUT2D eigenvalue weighted by Gasteiger charge is 2.11. The molecule has 83 valence electrons. The summed E-state index contributed by atoms with van der Waals surface area (Å²) in [6.45, 7) is 0. The molecule has 0 N–H and O–H groups in total. The predicted molar refractivity (Wildman–Crippen MR) is 57.2 cm³/mol. The predicted octanol–water partition coefficient (Wildman–Crippen LogP) is 2.89. The van der Waals surface area contributed by atoms with Crippen molar-refractivity contribution in [1.29, 1.82) is 0 Å². The highest BCUT2D eigenvalue weighted by Crippen LogP contribution is 2.38. The molecule has 0 amide bonds. The molecule has 0 bridgehead atoms. The first-order chi connectivity index (χ1) is 7.85. The van der Waals surface area contributed by atoms with Crippen LogP contribution in [0.5, 0.6) is 23.0 Å². The van der Waals surface area contributed by atoms with Gasteiger partial charge in [-0.05, 0) is 12.1 Å². The average Bonchev–Trinajstić information content (AvgIpc) is 2.81. The summed E-state index contributed by atoms with van der Waals surface area (Å²) < 4.78 is 20.7. The number of benzene rings is 1.